The van der Waals surface area contributed by atoms with E-state index in [0.29, 0.717) is 4.90 Å². The molecule has 0 aromatic carbocycles. The largest absolute Gasteiger partial charge is 0.451 e. The predicted molar refractivity (Wildman–Crippen MR) is 89.4 cm³/mol. The lowest BCUT2D eigenvalue weighted by Gasteiger charge is -2.33. The van der Waals surface area contributed by atoms with Gasteiger partial charge < -0.3 is 15.0 Å². The Hall–Kier alpha value is -2.81. The minimum atomic E-state index is -5.84. The molecule has 1 aliphatic carbocycles. The molecule has 1 aliphatic heterocycles. The van der Waals surface area contributed by atoms with Crippen LogP contribution in [0.5, 0.6) is 0 Å². The lowest BCUT2D eigenvalue weighted by Crippen LogP contribution is -2.49. The Balaban J connectivity index is 1.55. The SMILES string of the molecule is O=C(Nc1ccnc(C(F)(F)F)n1)[C@@H]1CC12CCN(C(=O)OC(C(F)(F)F)C(F)(F)F)CC2. The number of anilines is 1. The van der Waals surface area contributed by atoms with E-state index in [-0.39, 0.29) is 38.2 Å². The summed E-state index contributed by atoms with van der Waals surface area (Å²) in [6.45, 7) is -0.506. The molecule has 0 bridgehead atoms. The molecule has 3 rings (SSSR count). The number of nitrogens with one attached hydrogen (secondary N) is 1. The van der Waals surface area contributed by atoms with E-state index in [2.05, 4.69) is 20.0 Å². The molecule has 7 nitrogen and oxygen atoms in total. The van der Waals surface area contributed by atoms with Crippen LogP contribution in [-0.4, -0.2) is 58.4 Å². The summed E-state index contributed by atoms with van der Waals surface area (Å²) >= 11 is 0. The molecular formula is C17H15F9N4O3. The van der Waals surface area contributed by atoms with Gasteiger partial charge in [-0.1, -0.05) is 0 Å². The summed E-state index contributed by atoms with van der Waals surface area (Å²) in [5, 5.41) is 2.24. The summed E-state index contributed by atoms with van der Waals surface area (Å²) in [5.74, 6) is -3.14. The van der Waals surface area contributed by atoms with E-state index in [9.17, 15) is 49.1 Å². The number of halogens is 9. The van der Waals surface area contributed by atoms with Gasteiger partial charge >= 0.3 is 24.6 Å². The average Bonchev–Trinajstić information content (AvgIpc) is 3.37. The number of ether oxygens (including phenoxy) is 1. The maximum Gasteiger partial charge on any atom is 0.451 e. The highest BCUT2D eigenvalue weighted by Gasteiger charge is 2.61. The number of rotatable bonds is 3. The van der Waals surface area contributed by atoms with Crippen LogP contribution in [0.3, 0.4) is 0 Å². The third-order valence-electron chi connectivity index (χ3n) is 5.50. The predicted octanol–water partition coefficient (Wildman–Crippen LogP) is 4.17. The number of hydrogen-bond acceptors (Lipinski definition) is 5. The zero-order chi connectivity index (χ0) is 24.8. The van der Waals surface area contributed by atoms with Gasteiger partial charge in [0, 0.05) is 25.2 Å². The second-order valence-electron chi connectivity index (χ2n) is 7.71. The van der Waals surface area contributed by atoms with Gasteiger partial charge in [-0.15, -0.1) is 0 Å². The van der Waals surface area contributed by atoms with Crippen molar-refractivity contribution in [2.24, 2.45) is 11.3 Å². The molecule has 2 amide bonds. The van der Waals surface area contributed by atoms with Gasteiger partial charge in [-0.3, -0.25) is 4.79 Å². The van der Waals surface area contributed by atoms with Crippen molar-refractivity contribution in [1.29, 1.82) is 0 Å². The van der Waals surface area contributed by atoms with E-state index in [1.165, 1.54) is 0 Å². The van der Waals surface area contributed by atoms with Crippen molar-refractivity contribution in [3.05, 3.63) is 18.1 Å². The Kier molecular flexibility index (Phi) is 6.17. The van der Waals surface area contributed by atoms with E-state index in [0.717, 1.165) is 12.3 Å². The third-order valence-corrected chi connectivity index (χ3v) is 5.50. The first-order valence-corrected chi connectivity index (χ1v) is 9.33. The van der Waals surface area contributed by atoms with Crippen LogP contribution in [0.15, 0.2) is 12.3 Å². The Morgan fingerprint density at radius 1 is 1.06 bits per heavy atom. The number of aromatic nitrogens is 2. The monoisotopic (exact) mass is 494 g/mol. The smallest absolute Gasteiger partial charge is 0.426 e. The van der Waals surface area contributed by atoms with Gasteiger partial charge in [-0.2, -0.15) is 39.5 Å². The molecule has 0 radical (unpaired) electrons. The minimum Gasteiger partial charge on any atom is -0.426 e. The van der Waals surface area contributed by atoms with Crippen molar-refractivity contribution in [2.45, 2.75) is 43.9 Å². The first-order valence-electron chi connectivity index (χ1n) is 9.33. The summed E-state index contributed by atoms with van der Waals surface area (Å²) in [6.07, 6.45) is -21.3. The van der Waals surface area contributed by atoms with Crippen molar-refractivity contribution >= 4 is 17.8 Å². The fraction of sp³-hybridized carbons (Fsp3) is 0.647. The molecule has 1 atom stereocenters. The second kappa shape index (κ2) is 8.20. The van der Waals surface area contributed by atoms with E-state index >= 15 is 0 Å². The Morgan fingerprint density at radius 2 is 1.64 bits per heavy atom. The zero-order valence-electron chi connectivity index (χ0n) is 16.3. The number of piperidine rings is 1. The van der Waals surface area contributed by atoms with Crippen LogP contribution in [0, 0.1) is 11.3 Å². The van der Waals surface area contributed by atoms with Crippen LogP contribution in [0.4, 0.5) is 50.1 Å². The van der Waals surface area contributed by atoms with Gasteiger partial charge in [0.1, 0.15) is 5.82 Å². The summed E-state index contributed by atoms with van der Waals surface area (Å²) < 4.78 is 117. The van der Waals surface area contributed by atoms with Gasteiger partial charge in [0.2, 0.25) is 11.7 Å². The first-order chi connectivity index (χ1) is 15.0. The average molecular weight is 494 g/mol. The number of alkyl halides is 9. The van der Waals surface area contributed by atoms with Crippen molar-refractivity contribution in [3.8, 4) is 0 Å². The molecule has 1 aromatic rings. The van der Waals surface area contributed by atoms with Crippen molar-refractivity contribution in [3.63, 3.8) is 0 Å². The fourth-order valence-electron chi connectivity index (χ4n) is 3.68. The second-order valence-corrected chi connectivity index (χ2v) is 7.71. The number of hydrogen-bond donors (Lipinski definition) is 1. The highest BCUT2D eigenvalue weighted by Crippen LogP contribution is 2.59. The molecule has 1 saturated carbocycles. The van der Waals surface area contributed by atoms with Crippen LogP contribution in [0.2, 0.25) is 0 Å². The number of carbonyl (C=O) groups is 2. The van der Waals surface area contributed by atoms with Crippen LogP contribution in [0.1, 0.15) is 25.1 Å². The standard InChI is InChI=1S/C17H15F9N4O3/c18-15(19,20)11(16(21,22)23)33-13(32)30-5-2-14(3-6-30)7-8(14)10(31)28-9-1-4-27-12(29-9)17(24,25)26/h1,4,8,11H,2-3,5-7H2,(H,27,28,29,31)/t8-/m0/s1. The molecule has 16 heteroatoms. The lowest BCUT2D eigenvalue weighted by molar-refractivity contribution is -0.308. The number of amides is 2. The molecular weight excluding hydrogens is 479 g/mol. The van der Waals surface area contributed by atoms with Crippen LogP contribution >= 0.6 is 0 Å². The number of carbonyl (C=O) groups excluding carboxylic acids is 2. The van der Waals surface area contributed by atoms with E-state index in [1.807, 2.05) is 0 Å². The molecule has 2 heterocycles. The summed E-state index contributed by atoms with van der Waals surface area (Å²) in [7, 11) is 0. The van der Waals surface area contributed by atoms with Gasteiger partial charge in [0.15, 0.2) is 0 Å². The summed E-state index contributed by atoms with van der Waals surface area (Å²) in [5.41, 5.74) is -0.672. The molecule has 1 N–H and O–H groups in total. The fourth-order valence-corrected chi connectivity index (χ4v) is 3.68. The number of nitrogens with zero attached hydrogens (tertiary/aromatic N) is 3. The molecule has 1 aromatic heterocycles. The van der Waals surface area contributed by atoms with E-state index < -0.39 is 53.8 Å². The Morgan fingerprint density at radius 3 is 2.15 bits per heavy atom. The molecule has 2 fully saturated rings. The van der Waals surface area contributed by atoms with Gasteiger partial charge in [0.25, 0.3) is 6.10 Å². The topological polar surface area (TPSA) is 84.4 Å². The molecule has 1 spiro atoms. The van der Waals surface area contributed by atoms with Crippen molar-refractivity contribution < 1.29 is 53.8 Å². The summed E-state index contributed by atoms with van der Waals surface area (Å²) in [6, 6.07) is 1.05. The molecule has 33 heavy (non-hydrogen) atoms. The normalized spacial score (nSPS) is 20.7. The highest BCUT2D eigenvalue weighted by atomic mass is 19.4. The van der Waals surface area contributed by atoms with Gasteiger partial charge in [-0.25, -0.2) is 14.8 Å². The van der Waals surface area contributed by atoms with Gasteiger partial charge in [-0.05, 0) is 30.7 Å². The quantitative estimate of drug-likeness (QED) is 0.638. The third kappa shape index (κ3) is 5.58. The molecule has 0 unspecified atom stereocenters. The maximum absolute atomic E-state index is 12.7. The van der Waals surface area contributed by atoms with Crippen molar-refractivity contribution in [1.82, 2.24) is 14.9 Å². The van der Waals surface area contributed by atoms with E-state index in [4.69, 9.17) is 0 Å². The maximum atomic E-state index is 12.7. The molecule has 1 saturated heterocycles. The lowest BCUT2D eigenvalue weighted by atomic mass is 9.91. The van der Waals surface area contributed by atoms with Crippen LogP contribution in [0.25, 0.3) is 0 Å². The van der Waals surface area contributed by atoms with Crippen LogP contribution < -0.4 is 5.32 Å². The zero-order valence-corrected chi connectivity index (χ0v) is 16.3. The Labute approximate surface area is 179 Å². The first kappa shape index (κ1) is 24.8. The van der Waals surface area contributed by atoms with Crippen LogP contribution in [-0.2, 0) is 15.7 Å². The highest BCUT2D eigenvalue weighted by molar-refractivity contribution is 5.94. The number of likely N-dealkylation sites (tertiary alicyclic amines) is 1. The minimum absolute atomic E-state index is 0.0838. The molecule has 2 aliphatic rings. The van der Waals surface area contributed by atoms with Gasteiger partial charge in [0.05, 0.1) is 0 Å². The molecule has 184 valence electrons. The van der Waals surface area contributed by atoms with Crippen molar-refractivity contribution in [2.75, 3.05) is 18.4 Å². The van der Waals surface area contributed by atoms with E-state index in [1.54, 1.807) is 0 Å². The Bertz CT molecular complexity index is 894. The summed E-state index contributed by atoms with van der Waals surface area (Å²) in [4.78, 5) is 31.2.